The van der Waals surface area contributed by atoms with Crippen molar-refractivity contribution in [1.82, 2.24) is 0 Å². The fourth-order valence-electron chi connectivity index (χ4n) is 0.387. The molecule has 0 heterocycles. The van der Waals surface area contributed by atoms with Crippen LogP contribution in [0.25, 0.3) is 0 Å². The Labute approximate surface area is 59.1 Å². The number of carbonyl (C=O) groups is 1. The summed E-state index contributed by atoms with van der Waals surface area (Å²) in [5.74, 6) is -0.438. The van der Waals surface area contributed by atoms with Gasteiger partial charge in [0.1, 0.15) is 0 Å². The summed E-state index contributed by atoms with van der Waals surface area (Å²) in [6.07, 6.45) is 1.17. The maximum absolute atomic E-state index is 10.1. The van der Waals surface area contributed by atoms with Crippen LogP contribution in [0.3, 0.4) is 0 Å². The quantitative estimate of drug-likeness (QED) is 0.486. The highest BCUT2D eigenvalue weighted by Gasteiger charge is 2.00. The summed E-state index contributed by atoms with van der Waals surface area (Å²) in [4.78, 5) is 10.1. The minimum absolute atomic E-state index is 0.232. The van der Waals surface area contributed by atoms with Gasteiger partial charge in [-0.1, -0.05) is 6.58 Å². The number of aliphatic carboxylic acids is 1. The first kappa shape index (κ1) is 8.50. The monoisotopic (exact) mass is 148 g/mol. The van der Waals surface area contributed by atoms with Crippen molar-refractivity contribution in [1.29, 1.82) is 0 Å². The Morgan fingerprint density at radius 1 is 1.67 bits per heavy atom. The van der Waals surface area contributed by atoms with Gasteiger partial charge in [0.05, 0.1) is 0 Å². The molecule has 1 N–H and O–H groups in total. The molecule has 0 amide bonds. The lowest BCUT2D eigenvalue weighted by Gasteiger charge is -1.94. The summed E-state index contributed by atoms with van der Waals surface area (Å²) in [7, 11) is 0. The molecular formula is C6H9ClO2. The standard InChI is InChI=1S/C6H9ClO2/c1-5(6(8)9)3-2-4-7/h1-4H2,(H,8,9). The van der Waals surface area contributed by atoms with Crippen molar-refractivity contribution < 1.29 is 9.90 Å². The molecule has 0 radical (unpaired) electrons. The maximum atomic E-state index is 10.1. The van der Waals surface area contributed by atoms with Crippen LogP contribution in [-0.2, 0) is 4.79 Å². The van der Waals surface area contributed by atoms with E-state index in [1.165, 1.54) is 0 Å². The summed E-state index contributed by atoms with van der Waals surface area (Å²) in [5, 5.41) is 8.27. The van der Waals surface area contributed by atoms with Crippen LogP contribution in [0, 0.1) is 0 Å². The summed E-state index contributed by atoms with van der Waals surface area (Å²) in [5.41, 5.74) is 0.232. The smallest absolute Gasteiger partial charge is 0.330 e. The van der Waals surface area contributed by atoms with Crippen LogP contribution in [0.5, 0.6) is 0 Å². The molecule has 0 rings (SSSR count). The van der Waals surface area contributed by atoms with Gasteiger partial charge in [-0.25, -0.2) is 4.79 Å². The Balaban J connectivity index is 3.39. The molecule has 0 aliphatic carbocycles. The Morgan fingerprint density at radius 2 is 2.22 bits per heavy atom. The maximum Gasteiger partial charge on any atom is 0.330 e. The van der Waals surface area contributed by atoms with Crippen LogP contribution in [0.1, 0.15) is 12.8 Å². The van der Waals surface area contributed by atoms with E-state index in [2.05, 4.69) is 6.58 Å². The average Bonchev–Trinajstić information content (AvgIpc) is 1.82. The Bertz CT molecular complexity index is 120. The zero-order valence-electron chi connectivity index (χ0n) is 5.06. The molecule has 0 aromatic carbocycles. The predicted octanol–water partition coefficient (Wildman–Crippen LogP) is 1.65. The molecule has 0 aliphatic rings. The SMILES string of the molecule is C=C(CCCCl)C(=O)O. The van der Waals surface area contributed by atoms with E-state index >= 15 is 0 Å². The van der Waals surface area contributed by atoms with Crippen molar-refractivity contribution in [2.45, 2.75) is 12.8 Å². The lowest BCUT2D eigenvalue weighted by atomic mass is 10.2. The molecule has 0 atom stereocenters. The van der Waals surface area contributed by atoms with Gasteiger partial charge in [-0.2, -0.15) is 0 Å². The summed E-state index contributed by atoms with van der Waals surface area (Å²) < 4.78 is 0. The number of hydrogen-bond acceptors (Lipinski definition) is 1. The fourth-order valence-corrected chi connectivity index (χ4v) is 0.521. The Kier molecular flexibility index (Phi) is 4.14. The predicted molar refractivity (Wildman–Crippen MR) is 36.7 cm³/mol. The lowest BCUT2D eigenvalue weighted by Crippen LogP contribution is -1.98. The zero-order chi connectivity index (χ0) is 7.28. The second-order valence-electron chi connectivity index (χ2n) is 1.70. The largest absolute Gasteiger partial charge is 0.478 e. The van der Waals surface area contributed by atoms with Crippen LogP contribution in [0.15, 0.2) is 12.2 Å². The van der Waals surface area contributed by atoms with Gasteiger partial charge in [0, 0.05) is 11.5 Å². The highest BCUT2D eigenvalue weighted by Crippen LogP contribution is 2.02. The first-order chi connectivity index (χ1) is 4.18. The number of rotatable bonds is 4. The van der Waals surface area contributed by atoms with Gasteiger partial charge < -0.3 is 5.11 Å². The number of hydrogen-bond donors (Lipinski definition) is 1. The van der Waals surface area contributed by atoms with Crippen molar-refractivity contribution in [3.63, 3.8) is 0 Å². The zero-order valence-corrected chi connectivity index (χ0v) is 5.82. The third kappa shape index (κ3) is 4.03. The molecule has 0 aromatic heterocycles. The highest BCUT2D eigenvalue weighted by molar-refractivity contribution is 6.17. The highest BCUT2D eigenvalue weighted by atomic mass is 35.5. The summed E-state index contributed by atoms with van der Waals surface area (Å²) >= 11 is 5.32. The van der Waals surface area contributed by atoms with Crippen molar-refractivity contribution in [2.24, 2.45) is 0 Å². The molecule has 9 heavy (non-hydrogen) atoms. The summed E-state index contributed by atoms with van der Waals surface area (Å²) in [6.45, 7) is 3.33. The Hall–Kier alpha value is -0.500. The minimum Gasteiger partial charge on any atom is -0.478 e. The van der Waals surface area contributed by atoms with E-state index in [1.54, 1.807) is 0 Å². The normalized spacial score (nSPS) is 9.00. The van der Waals surface area contributed by atoms with Gasteiger partial charge in [0.2, 0.25) is 0 Å². The van der Waals surface area contributed by atoms with E-state index in [9.17, 15) is 4.79 Å². The molecular weight excluding hydrogens is 140 g/mol. The van der Waals surface area contributed by atoms with Gasteiger partial charge in [-0.3, -0.25) is 0 Å². The lowest BCUT2D eigenvalue weighted by molar-refractivity contribution is -0.132. The summed E-state index contributed by atoms with van der Waals surface area (Å²) in [6, 6.07) is 0. The molecule has 0 fully saturated rings. The minimum atomic E-state index is -0.930. The van der Waals surface area contributed by atoms with E-state index in [0.29, 0.717) is 18.7 Å². The van der Waals surface area contributed by atoms with Gasteiger partial charge in [0.25, 0.3) is 0 Å². The van der Waals surface area contributed by atoms with Gasteiger partial charge in [-0.05, 0) is 12.8 Å². The number of halogens is 1. The first-order valence-electron chi connectivity index (χ1n) is 2.65. The molecule has 52 valence electrons. The van der Waals surface area contributed by atoms with Gasteiger partial charge in [0.15, 0.2) is 0 Å². The fraction of sp³-hybridized carbons (Fsp3) is 0.500. The number of carboxylic acid groups (broad SMARTS) is 1. The molecule has 0 saturated carbocycles. The van der Waals surface area contributed by atoms with E-state index in [1.807, 2.05) is 0 Å². The molecule has 0 bridgehead atoms. The van der Waals surface area contributed by atoms with Crippen LogP contribution in [0.4, 0.5) is 0 Å². The third-order valence-electron chi connectivity index (χ3n) is 0.915. The molecule has 2 nitrogen and oxygen atoms in total. The molecule has 0 unspecified atom stereocenters. The van der Waals surface area contributed by atoms with Crippen molar-refractivity contribution in [3.8, 4) is 0 Å². The van der Waals surface area contributed by atoms with Crippen LogP contribution < -0.4 is 0 Å². The van der Waals surface area contributed by atoms with E-state index < -0.39 is 5.97 Å². The molecule has 0 spiro atoms. The molecule has 3 heteroatoms. The van der Waals surface area contributed by atoms with E-state index in [0.717, 1.165) is 0 Å². The number of carboxylic acids is 1. The van der Waals surface area contributed by atoms with Crippen LogP contribution in [-0.4, -0.2) is 17.0 Å². The molecule has 0 aromatic rings. The Morgan fingerprint density at radius 3 is 2.56 bits per heavy atom. The van der Waals surface area contributed by atoms with E-state index in [-0.39, 0.29) is 5.57 Å². The van der Waals surface area contributed by atoms with Crippen LogP contribution >= 0.6 is 11.6 Å². The molecule has 0 saturated heterocycles. The van der Waals surface area contributed by atoms with Crippen molar-refractivity contribution in [2.75, 3.05) is 5.88 Å². The topological polar surface area (TPSA) is 37.3 Å². The average molecular weight is 149 g/mol. The third-order valence-corrected chi connectivity index (χ3v) is 1.18. The second-order valence-corrected chi connectivity index (χ2v) is 2.08. The molecule has 0 aliphatic heterocycles. The first-order valence-corrected chi connectivity index (χ1v) is 3.19. The van der Waals surface area contributed by atoms with Crippen LogP contribution in [0.2, 0.25) is 0 Å². The van der Waals surface area contributed by atoms with Gasteiger partial charge >= 0.3 is 5.97 Å². The second kappa shape index (κ2) is 4.39. The van der Waals surface area contributed by atoms with E-state index in [4.69, 9.17) is 16.7 Å². The number of alkyl halides is 1. The van der Waals surface area contributed by atoms with Crippen molar-refractivity contribution >= 4 is 17.6 Å². The van der Waals surface area contributed by atoms with Gasteiger partial charge in [-0.15, -0.1) is 11.6 Å². The van der Waals surface area contributed by atoms with Crippen molar-refractivity contribution in [3.05, 3.63) is 12.2 Å².